The van der Waals surface area contributed by atoms with Crippen molar-refractivity contribution in [2.45, 2.75) is 13.1 Å². The fraction of sp³-hybridized carbons (Fsp3) is 0.200. The van der Waals surface area contributed by atoms with Gasteiger partial charge < -0.3 is 4.74 Å². The van der Waals surface area contributed by atoms with E-state index in [1.54, 1.807) is 37.5 Å². The van der Waals surface area contributed by atoms with E-state index in [0.717, 1.165) is 12.1 Å². The summed E-state index contributed by atoms with van der Waals surface area (Å²) in [5.41, 5.74) is 0.466. The largest absolute Gasteiger partial charge is 0.497 e. The highest BCUT2D eigenvalue weighted by Gasteiger charge is 2.33. The lowest BCUT2D eigenvalue weighted by Crippen LogP contribution is -2.28. The fourth-order valence-electron chi connectivity index (χ4n) is 2.56. The molecule has 1 saturated heterocycles. The lowest BCUT2D eigenvalue weighted by atomic mass is 10.1. The Bertz CT molecular complexity index is 920. The number of benzene rings is 2. The normalized spacial score (nSPS) is 17.6. The molecule has 0 atom stereocenters. The van der Waals surface area contributed by atoms with Crippen LogP contribution in [-0.4, -0.2) is 29.6 Å². The average molecular weight is 406 g/mol. The molecule has 0 aromatic heterocycles. The van der Waals surface area contributed by atoms with Crippen LogP contribution < -0.4 is 4.74 Å². The molecule has 0 spiro atoms. The van der Waals surface area contributed by atoms with E-state index >= 15 is 0 Å². The third-order valence-corrected chi connectivity index (χ3v) is 5.04. The number of thioether (sulfide) groups is 1. The molecular formula is C20H17F3N2O2S. The van der Waals surface area contributed by atoms with E-state index in [1.807, 2.05) is 6.92 Å². The van der Waals surface area contributed by atoms with Crippen molar-refractivity contribution in [1.82, 2.24) is 4.90 Å². The first kappa shape index (κ1) is 20.0. The Balaban J connectivity index is 1.86. The van der Waals surface area contributed by atoms with Gasteiger partial charge in [0.1, 0.15) is 5.75 Å². The first-order chi connectivity index (χ1) is 13.3. The summed E-state index contributed by atoms with van der Waals surface area (Å²) >= 11 is 1.19. The zero-order chi connectivity index (χ0) is 20.3. The van der Waals surface area contributed by atoms with Crippen molar-refractivity contribution in [3.8, 4) is 5.75 Å². The van der Waals surface area contributed by atoms with Crippen LogP contribution >= 0.6 is 11.8 Å². The number of carbonyl (C=O) groups excluding carboxylic acids is 1. The van der Waals surface area contributed by atoms with E-state index in [-0.39, 0.29) is 5.91 Å². The van der Waals surface area contributed by atoms with E-state index < -0.39 is 11.7 Å². The summed E-state index contributed by atoms with van der Waals surface area (Å²) in [7, 11) is 1.57. The third kappa shape index (κ3) is 4.39. The predicted molar refractivity (Wildman–Crippen MR) is 104 cm³/mol. The average Bonchev–Trinajstić information content (AvgIpc) is 2.96. The lowest BCUT2D eigenvalue weighted by molar-refractivity contribution is -0.137. The van der Waals surface area contributed by atoms with Gasteiger partial charge in [-0.15, -0.1) is 0 Å². The second kappa shape index (κ2) is 8.10. The van der Waals surface area contributed by atoms with Crippen LogP contribution in [0.1, 0.15) is 18.1 Å². The zero-order valence-corrected chi connectivity index (χ0v) is 16.0. The zero-order valence-electron chi connectivity index (χ0n) is 15.2. The van der Waals surface area contributed by atoms with Crippen molar-refractivity contribution in [2.75, 3.05) is 13.7 Å². The topological polar surface area (TPSA) is 41.9 Å². The second-order valence-electron chi connectivity index (χ2n) is 5.87. The summed E-state index contributed by atoms with van der Waals surface area (Å²) in [6, 6.07) is 11.8. The number of ether oxygens (including phenoxy) is 1. The molecule has 2 aromatic carbocycles. The van der Waals surface area contributed by atoms with Crippen LogP contribution in [0.25, 0.3) is 6.08 Å². The number of rotatable bonds is 4. The highest BCUT2D eigenvalue weighted by Crippen LogP contribution is 2.35. The smallest absolute Gasteiger partial charge is 0.416 e. The number of methoxy groups -OCH3 is 1. The van der Waals surface area contributed by atoms with Crippen LogP contribution in [0.2, 0.25) is 0 Å². The Hall–Kier alpha value is -2.74. The Kier molecular flexibility index (Phi) is 5.79. The van der Waals surface area contributed by atoms with Gasteiger partial charge in [-0.1, -0.05) is 12.1 Å². The molecule has 0 saturated carbocycles. The lowest BCUT2D eigenvalue weighted by Gasteiger charge is -2.12. The van der Waals surface area contributed by atoms with Crippen LogP contribution in [0.5, 0.6) is 5.75 Å². The Labute approximate surface area is 164 Å². The molecule has 1 amide bonds. The van der Waals surface area contributed by atoms with Crippen LogP contribution in [-0.2, 0) is 11.0 Å². The Morgan fingerprint density at radius 1 is 1.11 bits per heavy atom. The number of hydrogen-bond acceptors (Lipinski definition) is 4. The highest BCUT2D eigenvalue weighted by molar-refractivity contribution is 8.18. The molecule has 1 heterocycles. The van der Waals surface area contributed by atoms with Gasteiger partial charge in [0.05, 0.1) is 23.3 Å². The van der Waals surface area contributed by atoms with Gasteiger partial charge in [-0.05, 0) is 66.7 Å². The van der Waals surface area contributed by atoms with Gasteiger partial charge in [0.2, 0.25) is 0 Å². The molecule has 0 N–H and O–H groups in total. The summed E-state index contributed by atoms with van der Waals surface area (Å²) in [6.07, 6.45) is -2.81. The molecule has 1 aliphatic rings. The van der Waals surface area contributed by atoms with E-state index in [4.69, 9.17) is 4.74 Å². The minimum atomic E-state index is -4.39. The molecule has 28 heavy (non-hydrogen) atoms. The van der Waals surface area contributed by atoms with E-state index in [9.17, 15) is 18.0 Å². The second-order valence-corrected chi connectivity index (χ2v) is 6.88. The predicted octanol–water partition coefficient (Wildman–Crippen LogP) is 5.34. The van der Waals surface area contributed by atoms with Crippen molar-refractivity contribution >= 4 is 34.6 Å². The standard InChI is InChI=1S/C20H17F3N2O2S/c1-3-25-18(26)17(12-13-4-6-14(7-5-13)20(21,22)23)28-19(25)24-15-8-10-16(27-2)11-9-15/h4-12H,3H2,1-2H3/b17-12+,24-19?. The van der Waals surface area contributed by atoms with Crippen LogP contribution in [0.4, 0.5) is 18.9 Å². The van der Waals surface area contributed by atoms with Crippen molar-refractivity contribution < 1.29 is 22.7 Å². The van der Waals surface area contributed by atoms with Crippen LogP contribution in [0, 0.1) is 0 Å². The highest BCUT2D eigenvalue weighted by atomic mass is 32.2. The number of carbonyl (C=O) groups is 1. The van der Waals surface area contributed by atoms with Crippen LogP contribution in [0.15, 0.2) is 58.4 Å². The first-order valence-corrected chi connectivity index (χ1v) is 9.25. The molecule has 0 aliphatic carbocycles. The molecule has 2 aromatic rings. The molecule has 0 unspecified atom stereocenters. The molecular weight excluding hydrogens is 389 g/mol. The first-order valence-electron chi connectivity index (χ1n) is 8.43. The summed E-state index contributed by atoms with van der Waals surface area (Å²) in [5.74, 6) is 0.481. The number of amidine groups is 1. The van der Waals surface area contributed by atoms with Crippen LogP contribution in [0.3, 0.4) is 0 Å². The maximum Gasteiger partial charge on any atom is 0.416 e. The van der Waals surface area contributed by atoms with Gasteiger partial charge in [0.25, 0.3) is 5.91 Å². The number of aliphatic imine (C=N–C) groups is 1. The number of alkyl halides is 3. The molecule has 3 rings (SSSR count). The Morgan fingerprint density at radius 3 is 2.29 bits per heavy atom. The molecule has 1 fully saturated rings. The Morgan fingerprint density at radius 2 is 1.75 bits per heavy atom. The van der Waals surface area contributed by atoms with Crippen molar-refractivity contribution in [1.29, 1.82) is 0 Å². The van der Waals surface area contributed by atoms with Crippen molar-refractivity contribution in [3.05, 3.63) is 64.6 Å². The van der Waals surface area contributed by atoms with Gasteiger partial charge in [0, 0.05) is 6.54 Å². The van der Waals surface area contributed by atoms with E-state index in [2.05, 4.69) is 4.99 Å². The number of amides is 1. The van der Waals surface area contributed by atoms with Crippen molar-refractivity contribution in [3.63, 3.8) is 0 Å². The van der Waals surface area contributed by atoms with Gasteiger partial charge >= 0.3 is 6.18 Å². The number of likely N-dealkylation sites (N-methyl/N-ethyl adjacent to an activating group) is 1. The quantitative estimate of drug-likeness (QED) is 0.644. The van der Waals surface area contributed by atoms with E-state index in [1.165, 1.54) is 28.8 Å². The summed E-state index contributed by atoms with van der Waals surface area (Å²) in [4.78, 5) is 19.1. The number of halogens is 3. The number of hydrogen-bond donors (Lipinski definition) is 0. The third-order valence-electron chi connectivity index (χ3n) is 4.04. The van der Waals surface area contributed by atoms with Gasteiger partial charge in [-0.2, -0.15) is 13.2 Å². The summed E-state index contributed by atoms with van der Waals surface area (Å²) < 4.78 is 43.2. The SMILES string of the molecule is CCN1C(=O)/C(=C\c2ccc(C(F)(F)F)cc2)SC1=Nc1ccc(OC)cc1. The molecule has 1 aliphatic heterocycles. The minimum Gasteiger partial charge on any atom is -0.497 e. The molecule has 0 radical (unpaired) electrons. The van der Waals surface area contributed by atoms with Gasteiger partial charge in [-0.25, -0.2) is 4.99 Å². The fourth-order valence-corrected chi connectivity index (χ4v) is 3.62. The maximum atomic E-state index is 12.7. The van der Waals surface area contributed by atoms with Gasteiger partial charge in [0.15, 0.2) is 5.17 Å². The number of nitrogens with zero attached hydrogens (tertiary/aromatic N) is 2. The molecule has 146 valence electrons. The summed E-state index contributed by atoms with van der Waals surface area (Å²) in [5, 5.41) is 0.524. The maximum absolute atomic E-state index is 12.7. The van der Waals surface area contributed by atoms with Gasteiger partial charge in [-0.3, -0.25) is 9.69 Å². The van der Waals surface area contributed by atoms with E-state index in [0.29, 0.717) is 33.6 Å². The van der Waals surface area contributed by atoms with Crippen molar-refractivity contribution in [2.24, 2.45) is 4.99 Å². The molecule has 0 bridgehead atoms. The molecule has 8 heteroatoms. The monoisotopic (exact) mass is 406 g/mol. The minimum absolute atomic E-state index is 0.223. The summed E-state index contributed by atoms with van der Waals surface area (Å²) in [6.45, 7) is 2.27. The molecule has 4 nitrogen and oxygen atoms in total.